The predicted molar refractivity (Wildman–Crippen MR) is 82.5 cm³/mol. The van der Waals surface area contributed by atoms with Crippen molar-refractivity contribution in [2.75, 3.05) is 23.8 Å². The molecule has 0 saturated heterocycles. The van der Waals surface area contributed by atoms with Crippen molar-refractivity contribution in [2.24, 2.45) is 0 Å². The topological polar surface area (TPSA) is 41.0 Å². The summed E-state index contributed by atoms with van der Waals surface area (Å²) >= 11 is 6.05. The Labute approximate surface area is 123 Å². The molecule has 0 amide bonds. The molecule has 0 atom stereocenters. The minimum Gasteiger partial charge on any atom is -0.373 e. The number of fused-ring (bicyclic) bond motifs is 1. The van der Waals surface area contributed by atoms with E-state index in [0.717, 1.165) is 42.0 Å². The second kappa shape index (κ2) is 5.29. The smallest absolute Gasteiger partial charge is 0.134 e. The average Bonchev–Trinajstić information content (AvgIpc) is 2.46. The number of hydrogen-bond acceptors (Lipinski definition) is 4. The summed E-state index contributed by atoms with van der Waals surface area (Å²) in [6.45, 7) is 3.74. The minimum absolute atomic E-state index is 0.786. The second-order valence-electron chi connectivity index (χ2n) is 4.99. The number of aromatic nitrogens is 2. The van der Waals surface area contributed by atoms with Gasteiger partial charge in [0, 0.05) is 31.2 Å². The van der Waals surface area contributed by atoms with Crippen LogP contribution in [-0.2, 0) is 13.0 Å². The first-order valence-corrected chi connectivity index (χ1v) is 7.09. The monoisotopic (exact) mass is 288 g/mol. The zero-order chi connectivity index (χ0) is 14.1. The predicted octanol–water partition coefficient (Wildman–Crippen LogP) is 3.04. The first-order chi connectivity index (χ1) is 9.65. The highest BCUT2D eigenvalue weighted by Crippen LogP contribution is 2.26. The first-order valence-electron chi connectivity index (χ1n) is 6.71. The number of rotatable bonds is 2. The lowest BCUT2D eigenvalue weighted by atomic mass is 10.00. The molecule has 20 heavy (non-hydrogen) atoms. The molecule has 2 aromatic rings. The third-order valence-corrected chi connectivity index (χ3v) is 3.82. The molecule has 0 aliphatic carbocycles. The molecule has 0 fully saturated rings. The van der Waals surface area contributed by atoms with Gasteiger partial charge in [-0.25, -0.2) is 9.97 Å². The molecule has 1 aromatic heterocycles. The average molecular weight is 289 g/mol. The van der Waals surface area contributed by atoms with E-state index >= 15 is 0 Å². The Kier molecular flexibility index (Phi) is 3.49. The van der Waals surface area contributed by atoms with Gasteiger partial charge in [0.1, 0.15) is 17.5 Å². The Hall–Kier alpha value is -1.81. The van der Waals surface area contributed by atoms with E-state index < -0.39 is 0 Å². The molecule has 1 aromatic carbocycles. The number of nitrogens with zero attached hydrogens (tertiary/aromatic N) is 3. The summed E-state index contributed by atoms with van der Waals surface area (Å²) in [6, 6.07) is 8.12. The van der Waals surface area contributed by atoms with E-state index in [4.69, 9.17) is 11.6 Å². The lowest BCUT2D eigenvalue weighted by Gasteiger charge is -2.30. The summed E-state index contributed by atoms with van der Waals surface area (Å²) in [5, 5.41) is 3.89. The van der Waals surface area contributed by atoms with Crippen molar-refractivity contribution < 1.29 is 0 Å². The van der Waals surface area contributed by atoms with Crippen molar-refractivity contribution in [1.29, 1.82) is 0 Å². The van der Waals surface area contributed by atoms with Gasteiger partial charge < -0.3 is 10.2 Å². The molecule has 0 radical (unpaired) electrons. The fourth-order valence-electron chi connectivity index (χ4n) is 2.56. The van der Waals surface area contributed by atoms with E-state index in [1.807, 2.05) is 26.1 Å². The molecule has 104 valence electrons. The van der Waals surface area contributed by atoms with E-state index in [0.29, 0.717) is 0 Å². The van der Waals surface area contributed by atoms with Gasteiger partial charge in [0.2, 0.25) is 0 Å². The quantitative estimate of drug-likeness (QED) is 0.922. The van der Waals surface area contributed by atoms with Crippen molar-refractivity contribution in [3.05, 3.63) is 46.2 Å². The van der Waals surface area contributed by atoms with Crippen LogP contribution >= 0.6 is 11.6 Å². The maximum Gasteiger partial charge on any atom is 0.134 e. The zero-order valence-corrected chi connectivity index (χ0v) is 12.4. The number of benzene rings is 1. The van der Waals surface area contributed by atoms with Crippen molar-refractivity contribution in [3.63, 3.8) is 0 Å². The Bertz CT molecular complexity index is 642. The van der Waals surface area contributed by atoms with Gasteiger partial charge in [-0.15, -0.1) is 0 Å². The summed E-state index contributed by atoms with van der Waals surface area (Å²) in [7, 11) is 1.87. The van der Waals surface area contributed by atoms with E-state index in [-0.39, 0.29) is 0 Å². The molecule has 1 N–H and O–H groups in total. The molecule has 1 aliphatic heterocycles. The fraction of sp³-hybridized carbons (Fsp3) is 0.333. The van der Waals surface area contributed by atoms with E-state index in [1.165, 1.54) is 11.1 Å². The van der Waals surface area contributed by atoms with Crippen LogP contribution in [-0.4, -0.2) is 23.6 Å². The Balaban J connectivity index is 1.90. The lowest BCUT2D eigenvalue weighted by molar-refractivity contribution is 0.717. The van der Waals surface area contributed by atoms with Crippen molar-refractivity contribution in [2.45, 2.75) is 19.9 Å². The SMILES string of the molecule is CNc1cc(N2CCc3cc(Cl)ccc3C2)nc(C)n1. The minimum atomic E-state index is 0.786. The molecule has 2 heterocycles. The van der Waals surface area contributed by atoms with Crippen LogP contribution < -0.4 is 10.2 Å². The van der Waals surface area contributed by atoms with Gasteiger partial charge in [0.15, 0.2) is 0 Å². The summed E-state index contributed by atoms with van der Waals surface area (Å²) in [5.41, 5.74) is 2.66. The molecule has 4 nitrogen and oxygen atoms in total. The van der Waals surface area contributed by atoms with Crippen LogP contribution in [0.2, 0.25) is 5.02 Å². The highest BCUT2D eigenvalue weighted by atomic mass is 35.5. The summed E-state index contributed by atoms with van der Waals surface area (Å²) in [4.78, 5) is 11.2. The molecular formula is C15H17ClN4. The summed E-state index contributed by atoms with van der Waals surface area (Å²) in [5.74, 6) is 2.62. The van der Waals surface area contributed by atoms with Crippen LogP contribution in [0, 0.1) is 6.92 Å². The standard InChI is InChI=1S/C15H17ClN4/c1-10-18-14(17-2)8-15(19-10)20-6-5-11-7-13(16)4-3-12(11)9-20/h3-4,7-8H,5-6,9H2,1-2H3,(H,17,18,19). The van der Waals surface area contributed by atoms with E-state index in [2.05, 4.69) is 32.3 Å². The van der Waals surface area contributed by atoms with Gasteiger partial charge in [-0.2, -0.15) is 0 Å². The molecular weight excluding hydrogens is 272 g/mol. The maximum absolute atomic E-state index is 6.05. The molecule has 0 saturated carbocycles. The lowest BCUT2D eigenvalue weighted by Crippen LogP contribution is -2.31. The number of aryl methyl sites for hydroxylation is 1. The third kappa shape index (κ3) is 2.56. The highest BCUT2D eigenvalue weighted by molar-refractivity contribution is 6.30. The number of hydrogen-bond donors (Lipinski definition) is 1. The van der Waals surface area contributed by atoms with Crippen molar-refractivity contribution in [3.8, 4) is 0 Å². The first kappa shape index (κ1) is 13.2. The summed E-state index contributed by atoms with van der Waals surface area (Å²) < 4.78 is 0. The Morgan fingerprint density at radius 1 is 1.20 bits per heavy atom. The van der Waals surface area contributed by atoms with Crippen LogP contribution in [0.3, 0.4) is 0 Å². The molecule has 0 spiro atoms. The largest absolute Gasteiger partial charge is 0.373 e. The number of anilines is 2. The molecule has 0 bridgehead atoms. The molecule has 0 unspecified atom stereocenters. The van der Waals surface area contributed by atoms with E-state index in [1.54, 1.807) is 0 Å². The van der Waals surface area contributed by atoms with Gasteiger partial charge in [-0.1, -0.05) is 17.7 Å². The molecule has 5 heteroatoms. The van der Waals surface area contributed by atoms with Gasteiger partial charge >= 0.3 is 0 Å². The van der Waals surface area contributed by atoms with Crippen LogP contribution in [0.25, 0.3) is 0 Å². The van der Waals surface area contributed by atoms with Crippen LogP contribution in [0.15, 0.2) is 24.3 Å². The Morgan fingerprint density at radius 3 is 2.85 bits per heavy atom. The fourth-order valence-corrected chi connectivity index (χ4v) is 2.75. The zero-order valence-electron chi connectivity index (χ0n) is 11.7. The van der Waals surface area contributed by atoms with Gasteiger partial charge in [-0.3, -0.25) is 0 Å². The van der Waals surface area contributed by atoms with Crippen LogP contribution in [0.5, 0.6) is 0 Å². The van der Waals surface area contributed by atoms with Crippen molar-refractivity contribution >= 4 is 23.2 Å². The third-order valence-electron chi connectivity index (χ3n) is 3.59. The number of nitrogens with one attached hydrogen (secondary N) is 1. The molecule has 1 aliphatic rings. The summed E-state index contributed by atoms with van der Waals surface area (Å²) in [6.07, 6.45) is 0.994. The van der Waals surface area contributed by atoms with Crippen molar-refractivity contribution in [1.82, 2.24) is 9.97 Å². The second-order valence-corrected chi connectivity index (χ2v) is 5.43. The maximum atomic E-state index is 6.05. The van der Waals surface area contributed by atoms with Gasteiger partial charge in [0.05, 0.1) is 0 Å². The molecule has 3 rings (SSSR count). The van der Waals surface area contributed by atoms with Crippen LogP contribution in [0.1, 0.15) is 17.0 Å². The normalized spacial score (nSPS) is 14.1. The van der Waals surface area contributed by atoms with Gasteiger partial charge in [0.25, 0.3) is 0 Å². The van der Waals surface area contributed by atoms with E-state index in [9.17, 15) is 0 Å². The van der Waals surface area contributed by atoms with Gasteiger partial charge in [-0.05, 0) is 36.6 Å². The highest BCUT2D eigenvalue weighted by Gasteiger charge is 2.18. The Morgan fingerprint density at radius 2 is 2.05 bits per heavy atom. The number of halogens is 1. The van der Waals surface area contributed by atoms with Crippen LogP contribution in [0.4, 0.5) is 11.6 Å².